The Morgan fingerprint density at radius 1 is 1.38 bits per heavy atom. The van der Waals surface area contributed by atoms with Gasteiger partial charge in [0.2, 0.25) is 0 Å². The van der Waals surface area contributed by atoms with E-state index in [1.165, 1.54) is 4.90 Å². The Hall–Kier alpha value is -1.22. The SMILES string of the molecule is CN(C)C(=O)c1cc(N)cc(Cl)c1. The van der Waals surface area contributed by atoms with Gasteiger partial charge in [-0.25, -0.2) is 0 Å². The molecule has 1 rings (SSSR count). The zero-order valence-electron chi connectivity index (χ0n) is 7.54. The lowest BCUT2D eigenvalue weighted by Gasteiger charge is -2.10. The summed E-state index contributed by atoms with van der Waals surface area (Å²) in [6.45, 7) is 0. The summed E-state index contributed by atoms with van der Waals surface area (Å²) in [5, 5.41) is 0.477. The van der Waals surface area contributed by atoms with Crippen LogP contribution in [0.4, 0.5) is 5.69 Å². The van der Waals surface area contributed by atoms with Gasteiger partial charge in [-0.15, -0.1) is 0 Å². The van der Waals surface area contributed by atoms with Crippen LogP contribution in [0.25, 0.3) is 0 Å². The lowest BCUT2D eigenvalue weighted by atomic mass is 10.2. The highest BCUT2D eigenvalue weighted by Crippen LogP contribution is 2.17. The van der Waals surface area contributed by atoms with Crippen molar-refractivity contribution < 1.29 is 4.79 Å². The number of hydrogen-bond acceptors (Lipinski definition) is 2. The largest absolute Gasteiger partial charge is 0.399 e. The standard InChI is InChI=1S/C9H11ClN2O/c1-12(2)9(13)6-3-7(10)5-8(11)4-6/h3-5H,11H2,1-2H3. The van der Waals surface area contributed by atoms with Gasteiger partial charge in [0.05, 0.1) is 0 Å². The van der Waals surface area contributed by atoms with Gasteiger partial charge in [-0.3, -0.25) is 4.79 Å². The Labute approximate surface area is 82.1 Å². The van der Waals surface area contributed by atoms with Crippen molar-refractivity contribution in [1.82, 2.24) is 4.90 Å². The summed E-state index contributed by atoms with van der Waals surface area (Å²) in [6, 6.07) is 4.81. The minimum absolute atomic E-state index is 0.103. The van der Waals surface area contributed by atoms with Crippen LogP contribution in [0.15, 0.2) is 18.2 Å². The number of nitrogen functional groups attached to an aromatic ring is 1. The molecule has 13 heavy (non-hydrogen) atoms. The zero-order valence-corrected chi connectivity index (χ0v) is 8.30. The molecule has 2 N–H and O–H groups in total. The van der Waals surface area contributed by atoms with Crippen LogP contribution in [0.1, 0.15) is 10.4 Å². The van der Waals surface area contributed by atoms with Crippen LogP contribution in [-0.2, 0) is 0 Å². The first-order chi connectivity index (χ1) is 6.00. The number of rotatable bonds is 1. The molecule has 0 unspecified atom stereocenters. The van der Waals surface area contributed by atoms with Crippen LogP contribution in [0, 0.1) is 0 Å². The second kappa shape index (κ2) is 3.66. The van der Waals surface area contributed by atoms with Gasteiger partial charge in [-0.1, -0.05) is 11.6 Å². The first-order valence-electron chi connectivity index (χ1n) is 3.78. The molecule has 0 fully saturated rings. The van der Waals surface area contributed by atoms with Gasteiger partial charge in [-0.2, -0.15) is 0 Å². The van der Waals surface area contributed by atoms with Gasteiger partial charge < -0.3 is 10.6 Å². The van der Waals surface area contributed by atoms with Crippen LogP contribution in [-0.4, -0.2) is 24.9 Å². The summed E-state index contributed by atoms with van der Waals surface area (Å²) in [4.78, 5) is 12.9. The molecule has 70 valence electrons. The van der Waals surface area contributed by atoms with E-state index in [2.05, 4.69) is 0 Å². The van der Waals surface area contributed by atoms with E-state index in [4.69, 9.17) is 17.3 Å². The molecule has 0 aromatic heterocycles. The normalized spacial score (nSPS) is 9.77. The fourth-order valence-electron chi connectivity index (χ4n) is 0.994. The van der Waals surface area contributed by atoms with Crippen LogP contribution < -0.4 is 5.73 Å². The number of carbonyl (C=O) groups is 1. The van der Waals surface area contributed by atoms with Gasteiger partial charge in [0.15, 0.2) is 0 Å². The molecule has 0 spiro atoms. The van der Waals surface area contributed by atoms with Gasteiger partial charge in [0, 0.05) is 30.4 Å². The Balaban J connectivity index is 3.08. The van der Waals surface area contributed by atoms with E-state index in [-0.39, 0.29) is 5.91 Å². The minimum Gasteiger partial charge on any atom is -0.399 e. The highest BCUT2D eigenvalue weighted by Gasteiger charge is 2.08. The van der Waals surface area contributed by atoms with Crippen LogP contribution in [0.5, 0.6) is 0 Å². The summed E-state index contributed by atoms with van der Waals surface area (Å²) >= 11 is 5.75. The van der Waals surface area contributed by atoms with E-state index in [1.807, 2.05) is 0 Å². The molecule has 3 nitrogen and oxygen atoms in total. The minimum atomic E-state index is -0.103. The Morgan fingerprint density at radius 3 is 2.46 bits per heavy atom. The smallest absolute Gasteiger partial charge is 0.253 e. The van der Waals surface area contributed by atoms with Crippen molar-refractivity contribution in [1.29, 1.82) is 0 Å². The van der Waals surface area contributed by atoms with Crippen molar-refractivity contribution >= 4 is 23.2 Å². The summed E-state index contributed by atoms with van der Waals surface area (Å²) in [5.74, 6) is -0.103. The molecular weight excluding hydrogens is 188 g/mol. The van der Waals surface area contributed by atoms with Crippen LogP contribution >= 0.6 is 11.6 Å². The van der Waals surface area contributed by atoms with E-state index in [9.17, 15) is 4.79 Å². The van der Waals surface area contributed by atoms with Crippen molar-refractivity contribution in [3.05, 3.63) is 28.8 Å². The molecule has 0 aliphatic heterocycles. The number of halogens is 1. The van der Waals surface area contributed by atoms with Crippen LogP contribution in [0.3, 0.4) is 0 Å². The Bertz CT molecular complexity index is 316. The molecule has 1 aromatic rings. The van der Waals surface area contributed by atoms with Crippen molar-refractivity contribution in [2.75, 3.05) is 19.8 Å². The van der Waals surface area contributed by atoms with E-state index in [0.29, 0.717) is 16.3 Å². The fraction of sp³-hybridized carbons (Fsp3) is 0.222. The average Bonchev–Trinajstić information content (AvgIpc) is 2.01. The van der Waals surface area contributed by atoms with E-state index < -0.39 is 0 Å². The predicted molar refractivity (Wildman–Crippen MR) is 53.9 cm³/mol. The topological polar surface area (TPSA) is 46.3 Å². The van der Waals surface area contributed by atoms with Crippen LogP contribution in [0.2, 0.25) is 5.02 Å². The fourth-order valence-corrected chi connectivity index (χ4v) is 1.24. The third kappa shape index (κ3) is 2.36. The molecular formula is C9H11ClN2O. The van der Waals surface area contributed by atoms with Gasteiger partial charge in [0.1, 0.15) is 0 Å². The number of benzene rings is 1. The lowest BCUT2D eigenvalue weighted by molar-refractivity contribution is 0.0827. The van der Waals surface area contributed by atoms with Crippen molar-refractivity contribution in [2.45, 2.75) is 0 Å². The molecule has 0 saturated carbocycles. The number of amides is 1. The molecule has 0 heterocycles. The average molecular weight is 199 g/mol. The maximum atomic E-state index is 11.5. The highest BCUT2D eigenvalue weighted by atomic mass is 35.5. The Morgan fingerprint density at radius 2 is 2.00 bits per heavy atom. The highest BCUT2D eigenvalue weighted by molar-refractivity contribution is 6.31. The maximum Gasteiger partial charge on any atom is 0.253 e. The summed E-state index contributed by atoms with van der Waals surface area (Å²) in [7, 11) is 3.36. The summed E-state index contributed by atoms with van der Waals surface area (Å²) in [6.07, 6.45) is 0. The molecule has 0 radical (unpaired) electrons. The predicted octanol–water partition coefficient (Wildman–Crippen LogP) is 1.62. The Kier molecular flexibility index (Phi) is 2.78. The van der Waals surface area contributed by atoms with E-state index in [0.717, 1.165) is 0 Å². The molecule has 0 saturated heterocycles. The second-order valence-corrected chi connectivity index (χ2v) is 3.41. The number of nitrogens with two attached hydrogens (primary N) is 1. The zero-order chi connectivity index (χ0) is 10.0. The number of hydrogen-bond donors (Lipinski definition) is 1. The summed E-state index contributed by atoms with van der Waals surface area (Å²) < 4.78 is 0. The number of anilines is 1. The lowest BCUT2D eigenvalue weighted by Crippen LogP contribution is -2.21. The van der Waals surface area contributed by atoms with E-state index in [1.54, 1.807) is 32.3 Å². The van der Waals surface area contributed by atoms with Gasteiger partial charge >= 0.3 is 0 Å². The third-order valence-electron chi connectivity index (χ3n) is 1.57. The van der Waals surface area contributed by atoms with Crippen molar-refractivity contribution in [3.8, 4) is 0 Å². The molecule has 4 heteroatoms. The van der Waals surface area contributed by atoms with Gasteiger partial charge in [0.25, 0.3) is 5.91 Å². The monoisotopic (exact) mass is 198 g/mol. The third-order valence-corrected chi connectivity index (χ3v) is 1.79. The second-order valence-electron chi connectivity index (χ2n) is 2.97. The van der Waals surface area contributed by atoms with E-state index >= 15 is 0 Å². The molecule has 0 bridgehead atoms. The molecule has 1 aromatic carbocycles. The number of nitrogens with zero attached hydrogens (tertiary/aromatic N) is 1. The molecule has 0 aliphatic carbocycles. The quantitative estimate of drug-likeness (QED) is 0.698. The van der Waals surface area contributed by atoms with Gasteiger partial charge in [-0.05, 0) is 18.2 Å². The first kappa shape index (κ1) is 9.86. The molecule has 0 aliphatic rings. The summed E-state index contributed by atoms with van der Waals surface area (Å²) in [5.41, 5.74) is 6.55. The maximum absolute atomic E-state index is 11.5. The number of carbonyl (C=O) groups excluding carboxylic acids is 1. The molecule has 1 amide bonds. The first-order valence-corrected chi connectivity index (χ1v) is 4.16. The molecule has 0 atom stereocenters. The van der Waals surface area contributed by atoms with Crippen molar-refractivity contribution in [3.63, 3.8) is 0 Å². The van der Waals surface area contributed by atoms with Crippen molar-refractivity contribution in [2.24, 2.45) is 0 Å².